The van der Waals surface area contributed by atoms with Crippen molar-refractivity contribution in [3.8, 4) is 0 Å². The van der Waals surface area contributed by atoms with Crippen molar-refractivity contribution < 1.29 is 9.90 Å². The van der Waals surface area contributed by atoms with Crippen LogP contribution in [0.4, 0.5) is 0 Å². The summed E-state index contributed by atoms with van der Waals surface area (Å²) in [6.45, 7) is 1.93. The number of rotatable bonds is 4. The van der Waals surface area contributed by atoms with Gasteiger partial charge in [0.15, 0.2) is 4.34 Å². The summed E-state index contributed by atoms with van der Waals surface area (Å²) in [5.74, 6) is -0.893. The van der Waals surface area contributed by atoms with Crippen molar-refractivity contribution in [3.05, 3.63) is 34.8 Å². The maximum absolute atomic E-state index is 11.4. The van der Waals surface area contributed by atoms with Crippen LogP contribution in [0.2, 0.25) is 0 Å². The molecule has 1 N–H and O–H groups in total. The lowest BCUT2D eigenvalue weighted by molar-refractivity contribution is 0.0689. The molecule has 0 bridgehead atoms. The van der Waals surface area contributed by atoms with E-state index in [1.165, 1.54) is 34.9 Å². The highest BCUT2D eigenvalue weighted by Gasteiger charge is 2.16. The molecule has 0 aliphatic carbocycles. The Morgan fingerprint density at radius 2 is 2.11 bits per heavy atom. The van der Waals surface area contributed by atoms with Gasteiger partial charge in [0, 0.05) is 20.9 Å². The number of carboxylic acids is 1. The fourth-order valence-electron chi connectivity index (χ4n) is 1.45. The number of thioether (sulfide) groups is 1. The molecule has 1 aromatic carbocycles. The average molecular weight is 297 g/mol. The summed E-state index contributed by atoms with van der Waals surface area (Å²) in [6.07, 6.45) is 1.88. The number of hydrogen-bond acceptors (Lipinski definition) is 5. The molecule has 0 atom stereocenters. The van der Waals surface area contributed by atoms with E-state index in [0.29, 0.717) is 5.56 Å². The van der Waals surface area contributed by atoms with E-state index >= 15 is 0 Å². The molecule has 0 aliphatic rings. The predicted molar refractivity (Wildman–Crippen MR) is 76.2 cm³/mol. The quantitative estimate of drug-likeness (QED) is 0.864. The lowest BCUT2D eigenvalue weighted by atomic mass is 10.2. The van der Waals surface area contributed by atoms with Crippen molar-refractivity contribution in [3.63, 3.8) is 0 Å². The van der Waals surface area contributed by atoms with E-state index in [2.05, 4.69) is 4.98 Å². The Bertz CT molecular complexity index is 580. The van der Waals surface area contributed by atoms with Crippen LogP contribution < -0.4 is 0 Å². The second-order valence-electron chi connectivity index (χ2n) is 3.50. The molecule has 1 heterocycles. The van der Waals surface area contributed by atoms with Crippen LogP contribution in [0.15, 0.2) is 37.7 Å². The Kier molecular flexibility index (Phi) is 4.31. The number of aromatic carboxylic acids is 1. The van der Waals surface area contributed by atoms with Gasteiger partial charge in [0.25, 0.3) is 0 Å². The first-order valence-electron chi connectivity index (χ1n) is 5.12. The van der Waals surface area contributed by atoms with Crippen LogP contribution in [0.5, 0.6) is 0 Å². The Morgan fingerprint density at radius 1 is 1.39 bits per heavy atom. The molecular formula is C12H11NO2S3. The first-order chi connectivity index (χ1) is 8.61. The van der Waals surface area contributed by atoms with E-state index < -0.39 is 5.97 Å². The third-order valence-electron chi connectivity index (χ3n) is 2.22. The number of carboxylic acid groups (broad SMARTS) is 1. The molecule has 2 rings (SSSR count). The molecule has 0 saturated carbocycles. The molecule has 0 spiro atoms. The molecule has 0 saturated heterocycles. The normalized spacial score (nSPS) is 10.6. The minimum absolute atomic E-state index is 0.364. The van der Waals surface area contributed by atoms with Crippen molar-refractivity contribution in [1.82, 2.24) is 4.98 Å². The van der Waals surface area contributed by atoms with Crippen molar-refractivity contribution in [1.29, 1.82) is 0 Å². The first-order valence-corrected chi connectivity index (χ1v) is 8.04. The highest BCUT2D eigenvalue weighted by Crippen LogP contribution is 2.36. The van der Waals surface area contributed by atoms with E-state index in [9.17, 15) is 9.90 Å². The van der Waals surface area contributed by atoms with Gasteiger partial charge in [0.05, 0.1) is 5.56 Å². The number of thiazole rings is 1. The number of aryl methyl sites for hydroxylation is 1. The number of nitrogens with zero attached hydrogens (tertiary/aromatic N) is 1. The number of aromatic nitrogens is 1. The lowest BCUT2D eigenvalue weighted by Crippen LogP contribution is -2.01. The zero-order chi connectivity index (χ0) is 13.1. The molecular weight excluding hydrogens is 286 g/mol. The maximum Gasteiger partial charge on any atom is 0.337 e. The van der Waals surface area contributed by atoms with Gasteiger partial charge in [-0.3, -0.25) is 0 Å². The van der Waals surface area contributed by atoms with E-state index in [-0.39, 0.29) is 0 Å². The van der Waals surface area contributed by atoms with Gasteiger partial charge in [-0.2, -0.15) is 0 Å². The van der Waals surface area contributed by atoms with Gasteiger partial charge in [-0.15, -0.1) is 23.1 Å². The summed E-state index contributed by atoms with van der Waals surface area (Å²) in [7, 11) is 0. The van der Waals surface area contributed by atoms with E-state index in [0.717, 1.165) is 19.8 Å². The second-order valence-corrected chi connectivity index (χ2v) is 6.49. The Labute approximate surface area is 118 Å². The monoisotopic (exact) mass is 297 g/mol. The molecule has 0 aliphatic heterocycles. The Hall–Kier alpha value is -0.980. The fraction of sp³-hybridized carbons (Fsp3) is 0.167. The highest BCUT2D eigenvalue weighted by molar-refractivity contribution is 8.01. The van der Waals surface area contributed by atoms with Crippen LogP contribution in [0.25, 0.3) is 0 Å². The summed E-state index contributed by atoms with van der Waals surface area (Å²) in [4.78, 5) is 17.2. The van der Waals surface area contributed by atoms with Crippen LogP contribution in [-0.2, 0) is 0 Å². The Balaban J connectivity index is 2.41. The van der Waals surface area contributed by atoms with Gasteiger partial charge >= 0.3 is 5.97 Å². The molecule has 0 unspecified atom stereocenters. The van der Waals surface area contributed by atoms with Gasteiger partial charge in [0.1, 0.15) is 0 Å². The lowest BCUT2D eigenvalue weighted by Gasteiger charge is -2.07. The predicted octanol–water partition coefficient (Wildman–Crippen LogP) is 4.02. The van der Waals surface area contributed by atoms with Gasteiger partial charge in [0.2, 0.25) is 0 Å². The minimum Gasteiger partial charge on any atom is -0.478 e. The minimum atomic E-state index is -0.893. The van der Waals surface area contributed by atoms with E-state index in [1.807, 2.05) is 36.8 Å². The van der Waals surface area contributed by atoms with Crippen LogP contribution in [0, 0.1) is 6.92 Å². The molecule has 1 aromatic heterocycles. The molecule has 6 heteroatoms. The Morgan fingerprint density at radius 3 is 2.67 bits per heavy atom. The number of benzene rings is 1. The van der Waals surface area contributed by atoms with E-state index in [4.69, 9.17) is 0 Å². The molecule has 0 fully saturated rings. The third-order valence-corrected chi connectivity index (χ3v) is 5.11. The van der Waals surface area contributed by atoms with E-state index in [1.54, 1.807) is 0 Å². The molecule has 18 heavy (non-hydrogen) atoms. The highest BCUT2D eigenvalue weighted by atomic mass is 32.2. The van der Waals surface area contributed by atoms with Gasteiger partial charge in [-0.05, 0) is 25.3 Å². The number of hydrogen-bond donors (Lipinski definition) is 1. The van der Waals surface area contributed by atoms with Crippen molar-refractivity contribution >= 4 is 40.8 Å². The second kappa shape index (κ2) is 5.77. The molecule has 0 radical (unpaired) electrons. The molecule has 0 amide bonds. The summed E-state index contributed by atoms with van der Waals surface area (Å²) in [5.41, 5.74) is 1.32. The summed E-state index contributed by atoms with van der Waals surface area (Å²) >= 11 is 4.38. The zero-order valence-electron chi connectivity index (χ0n) is 9.84. The van der Waals surface area contributed by atoms with Crippen LogP contribution >= 0.6 is 34.9 Å². The zero-order valence-corrected chi connectivity index (χ0v) is 12.3. The topological polar surface area (TPSA) is 50.2 Å². The van der Waals surface area contributed by atoms with Gasteiger partial charge in [-0.25, -0.2) is 9.78 Å². The molecule has 2 aromatic rings. The SMILES string of the molecule is CSc1cccc(Sc2nc(C)cs2)c1C(=O)O. The number of carbonyl (C=O) groups is 1. The summed E-state index contributed by atoms with van der Waals surface area (Å²) in [5, 5.41) is 11.3. The maximum atomic E-state index is 11.4. The summed E-state index contributed by atoms with van der Waals surface area (Å²) in [6, 6.07) is 5.52. The van der Waals surface area contributed by atoms with Crippen molar-refractivity contribution in [2.45, 2.75) is 21.1 Å². The smallest absolute Gasteiger partial charge is 0.337 e. The average Bonchev–Trinajstić information content (AvgIpc) is 2.74. The summed E-state index contributed by atoms with van der Waals surface area (Å²) < 4.78 is 0.869. The largest absolute Gasteiger partial charge is 0.478 e. The van der Waals surface area contributed by atoms with Crippen molar-refractivity contribution in [2.75, 3.05) is 6.26 Å². The van der Waals surface area contributed by atoms with Gasteiger partial charge in [-0.1, -0.05) is 17.8 Å². The van der Waals surface area contributed by atoms with Crippen LogP contribution in [0.1, 0.15) is 16.1 Å². The standard InChI is InChI=1S/C12H11NO2S3/c1-7-6-17-12(13-7)18-9-5-3-4-8(16-2)10(9)11(14)15/h3-6H,1-2H3,(H,14,15). The van der Waals surface area contributed by atoms with Gasteiger partial charge < -0.3 is 5.11 Å². The molecule has 94 valence electrons. The third kappa shape index (κ3) is 2.88. The van der Waals surface area contributed by atoms with Crippen LogP contribution in [-0.4, -0.2) is 22.3 Å². The fourth-order valence-corrected chi connectivity index (χ4v) is 4.08. The molecule has 3 nitrogen and oxygen atoms in total. The van der Waals surface area contributed by atoms with Crippen molar-refractivity contribution in [2.24, 2.45) is 0 Å². The van der Waals surface area contributed by atoms with Crippen LogP contribution in [0.3, 0.4) is 0 Å². The first kappa shape index (κ1) is 13.5.